The van der Waals surface area contributed by atoms with Gasteiger partial charge in [-0.3, -0.25) is 4.48 Å². The Kier molecular flexibility index (Phi) is 6.51. The molecule has 10 aromatic rings. The Labute approximate surface area is 311 Å². The van der Waals surface area contributed by atoms with Crippen molar-refractivity contribution in [3.63, 3.8) is 0 Å². The van der Waals surface area contributed by atoms with E-state index in [9.17, 15) is 0 Å². The average molecular weight is 695 g/mol. The Morgan fingerprint density at radius 2 is 1.04 bits per heavy atom. The van der Waals surface area contributed by atoms with Gasteiger partial charge in [-0.25, -0.2) is 19.9 Å². The first kappa shape index (κ1) is 30.6. The number of hydrogen-bond donors (Lipinski definition) is 0. The molecule has 4 heterocycles. The van der Waals surface area contributed by atoms with Gasteiger partial charge in [0.15, 0.2) is 17.5 Å². The summed E-state index contributed by atoms with van der Waals surface area (Å²) in [6.45, 7) is 0. The number of quaternary nitrogens is 1. The average Bonchev–Trinajstić information content (AvgIpc) is 3.72. The molecule has 0 aliphatic carbocycles. The quantitative estimate of drug-likeness (QED) is 0.136. The lowest BCUT2D eigenvalue weighted by atomic mass is 9.95. The number of hydrogen-bond acceptors (Lipinski definition) is 5. The summed E-state index contributed by atoms with van der Waals surface area (Å²) in [5, 5.41) is 5.32. The second-order valence-corrected chi connectivity index (χ2v) is 14.4. The van der Waals surface area contributed by atoms with E-state index in [4.69, 9.17) is 24.4 Å². The van der Waals surface area contributed by atoms with E-state index in [2.05, 4.69) is 123 Å². The van der Waals surface area contributed by atoms with Gasteiger partial charge in [0.25, 0.3) is 0 Å². The number of nitrogens with zero attached hydrogens (tertiary/aromatic N) is 5. The highest BCUT2D eigenvalue weighted by Crippen LogP contribution is 2.51. The van der Waals surface area contributed by atoms with Crippen LogP contribution in [0.3, 0.4) is 0 Å². The summed E-state index contributed by atoms with van der Waals surface area (Å²) in [6.07, 6.45) is 0. The Hall–Kier alpha value is -7.02. The first-order chi connectivity index (χ1) is 26.5. The van der Waals surface area contributed by atoms with Crippen LogP contribution in [-0.4, -0.2) is 34.0 Å². The number of rotatable bonds is 4. The van der Waals surface area contributed by atoms with Crippen LogP contribution < -0.4 is 4.48 Å². The Morgan fingerprint density at radius 3 is 1.83 bits per heavy atom. The maximum Gasteiger partial charge on any atom is 0.164 e. The molecule has 0 saturated carbocycles. The van der Waals surface area contributed by atoms with Crippen molar-refractivity contribution in [1.29, 1.82) is 0 Å². The molecule has 0 spiro atoms. The monoisotopic (exact) mass is 694 g/mol. The molecule has 0 amide bonds. The molecule has 11 rings (SSSR count). The molecule has 0 atom stereocenters. The number of pyridine rings is 1. The van der Waals surface area contributed by atoms with Crippen LogP contribution in [0.15, 0.2) is 162 Å². The minimum Gasteiger partial charge on any atom is -0.456 e. The highest BCUT2D eigenvalue weighted by Gasteiger charge is 2.37. The van der Waals surface area contributed by atoms with Crippen molar-refractivity contribution < 1.29 is 4.42 Å². The first-order valence-electron chi connectivity index (χ1n) is 18.2. The van der Waals surface area contributed by atoms with Crippen molar-refractivity contribution in [3.8, 4) is 56.5 Å². The smallest absolute Gasteiger partial charge is 0.164 e. The summed E-state index contributed by atoms with van der Waals surface area (Å²) in [5.41, 5.74) is 12.3. The van der Waals surface area contributed by atoms with Crippen molar-refractivity contribution in [2.24, 2.45) is 0 Å². The zero-order chi connectivity index (χ0) is 36.0. The minimum atomic E-state index is 0.599. The standard InChI is InChI=1S/C48H32N5O/c1-53(2)39-19-11-9-17-33(39)36-27-32(22-25-40(36)53)48-51-46(30-15-7-4-8-16-30)50-47(52-48)31-21-24-38-37(28-31)43-35(45(49-38)29-13-5-3-6-14-29)23-26-42-44(43)34-18-10-12-20-41(34)54-42/h3-28H,1-2H3/q+1. The number of benzene rings is 7. The predicted octanol–water partition coefficient (Wildman–Crippen LogP) is 12.0. The summed E-state index contributed by atoms with van der Waals surface area (Å²) >= 11 is 0. The van der Waals surface area contributed by atoms with Gasteiger partial charge in [-0.2, -0.15) is 0 Å². The van der Waals surface area contributed by atoms with Crippen LogP contribution in [0, 0.1) is 0 Å². The molecule has 0 unspecified atom stereocenters. The molecule has 3 aromatic heterocycles. The maximum absolute atomic E-state index is 6.41. The lowest BCUT2D eigenvalue weighted by molar-refractivity contribution is 0.568. The summed E-state index contributed by atoms with van der Waals surface area (Å²) in [7, 11) is 4.47. The zero-order valence-electron chi connectivity index (χ0n) is 29.7. The van der Waals surface area contributed by atoms with Gasteiger partial charge in [0.2, 0.25) is 0 Å². The predicted molar refractivity (Wildman–Crippen MR) is 220 cm³/mol. The lowest BCUT2D eigenvalue weighted by Gasteiger charge is -2.24. The van der Waals surface area contributed by atoms with Crippen LogP contribution in [0.25, 0.3) is 100 Å². The number of fused-ring (bicyclic) bond motifs is 10. The van der Waals surface area contributed by atoms with E-state index in [1.807, 2.05) is 48.5 Å². The Morgan fingerprint density at radius 1 is 0.407 bits per heavy atom. The number of furan rings is 1. The highest BCUT2D eigenvalue weighted by atomic mass is 16.3. The third kappa shape index (κ3) is 4.57. The van der Waals surface area contributed by atoms with E-state index in [1.54, 1.807) is 0 Å². The lowest BCUT2D eigenvalue weighted by Crippen LogP contribution is -2.31. The van der Waals surface area contributed by atoms with Gasteiger partial charge >= 0.3 is 0 Å². The van der Waals surface area contributed by atoms with Crippen molar-refractivity contribution in [2.45, 2.75) is 0 Å². The van der Waals surface area contributed by atoms with Crippen LogP contribution in [0.1, 0.15) is 0 Å². The largest absolute Gasteiger partial charge is 0.456 e. The first-order valence-corrected chi connectivity index (χ1v) is 18.2. The van der Waals surface area contributed by atoms with Crippen molar-refractivity contribution in [3.05, 3.63) is 158 Å². The number of para-hydroxylation sites is 2. The third-order valence-corrected chi connectivity index (χ3v) is 10.9. The fourth-order valence-electron chi connectivity index (χ4n) is 8.31. The van der Waals surface area contributed by atoms with E-state index >= 15 is 0 Å². The van der Waals surface area contributed by atoms with Gasteiger partial charge in [-0.1, -0.05) is 91.0 Å². The zero-order valence-corrected chi connectivity index (χ0v) is 29.7. The third-order valence-electron chi connectivity index (χ3n) is 10.9. The van der Waals surface area contributed by atoms with Gasteiger partial charge < -0.3 is 4.42 Å². The molecule has 0 N–H and O–H groups in total. The second kappa shape index (κ2) is 11.5. The van der Waals surface area contributed by atoms with E-state index in [-0.39, 0.29) is 0 Å². The van der Waals surface area contributed by atoms with Gasteiger partial charge in [-0.15, -0.1) is 0 Å². The molecule has 0 saturated heterocycles. The van der Waals surface area contributed by atoms with Crippen LogP contribution in [-0.2, 0) is 0 Å². The molecule has 1 aliphatic rings. The molecule has 0 bridgehead atoms. The van der Waals surface area contributed by atoms with Crippen molar-refractivity contribution in [2.75, 3.05) is 14.1 Å². The van der Waals surface area contributed by atoms with Crippen molar-refractivity contribution in [1.82, 2.24) is 24.4 Å². The van der Waals surface area contributed by atoms with Crippen molar-refractivity contribution >= 4 is 55.0 Å². The van der Waals surface area contributed by atoms with Crippen LogP contribution in [0.5, 0.6) is 0 Å². The molecule has 54 heavy (non-hydrogen) atoms. The van der Waals surface area contributed by atoms with Gasteiger partial charge in [0.1, 0.15) is 22.5 Å². The van der Waals surface area contributed by atoms with E-state index in [0.717, 1.165) is 71.6 Å². The van der Waals surface area contributed by atoms with Crippen LogP contribution in [0.2, 0.25) is 0 Å². The summed E-state index contributed by atoms with van der Waals surface area (Å²) in [6, 6.07) is 54.6. The van der Waals surface area contributed by atoms with E-state index in [1.165, 1.54) is 22.5 Å². The Bertz CT molecular complexity index is 3130. The molecule has 1 aliphatic heterocycles. The van der Waals surface area contributed by atoms with E-state index in [0.29, 0.717) is 22.0 Å². The molecule has 0 radical (unpaired) electrons. The topological polar surface area (TPSA) is 64.7 Å². The molecular weight excluding hydrogens is 663 g/mol. The van der Waals surface area contributed by atoms with Crippen LogP contribution >= 0.6 is 0 Å². The van der Waals surface area contributed by atoms with E-state index < -0.39 is 0 Å². The normalized spacial score (nSPS) is 13.1. The Balaban J connectivity index is 1.17. The van der Waals surface area contributed by atoms with Gasteiger partial charge in [0, 0.05) is 72.4 Å². The molecule has 6 heteroatoms. The minimum absolute atomic E-state index is 0.599. The summed E-state index contributed by atoms with van der Waals surface area (Å²) in [4.78, 5) is 20.7. The molecule has 7 aromatic carbocycles. The highest BCUT2D eigenvalue weighted by molar-refractivity contribution is 6.28. The maximum atomic E-state index is 6.41. The summed E-state index contributed by atoms with van der Waals surface area (Å²) in [5.74, 6) is 1.85. The fraction of sp³-hybridized carbons (Fsp3) is 0.0417. The SMILES string of the molecule is C[N+]1(C)c2ccccc2-c2cc(-c3nc(-c4ccccc4)nc(-c4ccc5nc(-c6ccccc6)c6ccc7oc8ccccc8c7c6c5c4)n3)ccc21. The van der Waals surface area contributed by atoms with Gasteiger partial charge in [0.05, 0.1) is 25.3 Å². The van der Waals surface area contributed by atoms with Gasteiger partial charge in [-0.05, 0) is 54.6 Å². The second-order valence-electron chi connectivity index (χ2n) is 14.4. The number of aromatic nitrogens is 4. The molecule has 254 valence electrons. The molecule has 0 fully saturated rings. The molecular formula is C48H32N5O+. The summed E-state index contributed by atoms with van der Waals surface area (Å²) < 4.78 is 7.10. The fourth-order valence-corrected chi connectivity index (χ4v) is 8.31. The van der Waals surface area contributed by atoms with Crippen LogP contribution in [0.4, 0.5) is 11.4 Å². The molecule has 6 nitrogen and oxygen atoms in total.